The lowest BCUT2D eigenvalue weighted by molar-refractivity contribution is 0.280. The molecule has 0 saturated carbocycles. The Bertz CT molecular complexity index is 1080. The number of aryl methyl sites for hydroxylation is 2. The van der Waals surface area contributed by atoms with Gasteiger partial charge >= 0.3 is 0 Å². The Hall–Kier alpha value is -2.96. The lowest BCUT2D eigenvalue weighted by atomic mass is 9.83. The van der Waals surface area contributed by atoms with Gasteiger partial charge in [-0.2, -0.15) is 0 Å². The van der Waals surface area contributed by atoms with E-state index in [0.29, 0.717) is 17.4 Å². The first-order valence-electron chi connectivity index (χ1n) is 10.4. The van der Waals surface area contributed by atoms with E-state index in [1.165, 1.54) is 5.56 Å². The molecule has 0 spiro atoms. The van der Waals surface area contributed by atoms with Gasteiger partial charge in [0, 0.05) is 63.1 Å². The van der Waals surface area contributed by atoms with Gasteiger partial charge in [0.2, 0.25) is 5.95 Å². The fraction of sp³-hybridized carbons (Fsp3) is 0.455. The van der Waals surface area contributed by atoms with Crippen molar-refractivity contribution in [3.05, 3.63) is 58.5 Å². The molecule has 2 aliphatic rings. The zero-order valence-electron chi connectivity index (χ0n) is 17.0. The zero-order valence-corrected chi connectivity index (χ0v) is 17.0. The molecule has 7 nitrogen and oxygen atoms in total. The smallest absolute Gasteiger partial charge is 0.261 e. The average molecular weight is 390 g/mol. The van der Waals surface area contributed by atoms with E-state index in [9.17, 15) is 4.79 Å². The maximum atomic E-state index is 13.2. The predicted molar refractivity (Wildman–Crippen MR) is 112 cm³/mol. The molecule has 0 unspecified atom stereocenters. The highest BCUT2D eigenvalue weighted by Gasteiger charge is 2.36. The van der Waals surface area contributed by atoms with Crippen LogP contribution in [0.2, 0.25) is 0 Å². The summed E-state index contributed by atoms with van der Waals surface area (Å²) < 4.78 is 3.88. The van der Waals surface area contributed by atoms with E-state index in [1.807, 2.05) is 40.8 Å². The normalized spacial score (nSPS) is 20.6. The molecular formula is C22H26N6O. The molecule has 2 aliphatic heterocycles. The van der Waals surface area contributed by atoms with E-state index in [2.05, 4.69) is 32.8 Å². The highest BCUT2D eigenvalue weighted by Crippen LogP contribution is 2.36. The molecule has 0 N–H and O–H groups in total. The molecule has 3 aromatic heterocycles. The van der Waals surface area contributed by atoms with Gasteiger partial charge in [0.25, 0.3) is 5.56 Å². The Labute approximate surface area is 170 Å². The maximum Gasteiger partial charge on any atom is 0.261 e. The monoisotopic (exact) mass is 390 g/mol. The van der Waals surface area contributed by atoms with Crippen molar-refractivity contribution in [2.24, 2.45) is 13.0 Å². The number of piperidine rings is 1. The maximum absolute atomic E-state index is 13.2. The third-order valence-corrected chi connectivity index (χ3v) is 6.18. The first-order valence-corrected chi connectivity index (χ1v) is 10.4. The SMILES string of the molecule is CCCc1cnc(N2C[C@@H]3C[C@H](C2)c2ccc(-c4nccn4C)c(=O)n2C3)nc1. The van der Waals surface area contributed by atoms with Gasteiger partial charge in [-0.15, -0.1) is 0 Å². The molecule has 1 saturated heterocycles. The second-order valence-electron chi connectivity index (χ2n) is 8.29. The summed E-state index contributed by atoms with van der Waals surface area (Å²) in [5, 5.41) is 0. The Morgan fingerprint density at radius 2 is 1.93 bits per heavy atom. The van der Waals surface area contributed by atoms with Crippen molar-refractivity contribution in [3.8, 4) is 11.4 Å². The first-order chi connectivity index (χ1) is 14.1. The zero-order chi connectivity index (χ0) is 20.0. The van der Waals surface area contributed by atoms with Crippen LogP contribution in [0, 0.1) is 5.92 Å². The molecule has 0 aromatic carbocycles. The summed E-state index contributed by atoms with van der Waals surface area (Å²) in [7, 11) is 1.92. The minimum atomic E-state index is 0.0696. The second kappa shape index (κ2) is 7.13. The summed E-state index contributed by atoms with van der Waals surface area (Å²) in [6, 6.07) is 4.05. The van der Waals surface area contributed by atoms with Crippen molar-refractivity contribution in [1.82, 2.24) is 24.1 Å². The summed E-state index contributed by atoms with van der Waals surface area (Å²) in [4.78, 5) is 29.1. The molecular weight excluding hydrogens is 364 g/mol. The highest BCUT2D eigenvalue weighted by molar-refractivity contribution is 5.54. The van der Waals surface area contributed by atoms with E-state index in [-0.39, 0.29) is 5.56 Å². The molecule has 0 aliphatic carbocycles. The van der Waals surface area contributed by atoms with Crippen molar-refractivity contribution in [3.63, 3.8) is 0 Å². The van der Waals surface area contributed by atoms with E-state index < -0.39 is 0 Å². The number of imidazole rings is 1. The number of aromatic nitrogens is 5. The van der Waals surface area contributed by atoms with Gasteiger partial charge in [-0.05, 0) is 36.5 Å². The van der Waals surface area contributed by atoms with Gasteiger partial charge in [-0.3, -0.25) is 4.79 Å². The van der Waals surface area contributed by atoms with Crippen molar-refractivity contribution in [1.29, 1.82) is 0 Å². The largest absolute Gasteiger partial charge is 0.340 e. The third-order valence-electron chi connectivity index (χ3n) is 6.18. The van der Waals surface area contributed by atoms with E-state index in [1.54, 1.807) is 6.20 Å². The second-order valence-corrected chi connectivity index (χ2v) is 8.29. The van der Waals surface area contributed by atoms with Crippen LogP contribution in [0.5, 0.6) is 0 Å². The average Bonchev–Trinajstić information content (AvgIpc) is 3.15. The van der Waals surface area contributed by atoms with Crippen LogP contribution in [0.15, 0.2) is 41.7 Å². The number of hydrogen-bond donors (Lipinski definition) is 0. The lowest BCUT2D eigenvalue weighted by Gasteiger charge is -2.42. The summed E-state index contributed by atoms with van der Waals surface area (Å²) in [6.45, 7) is 4.65. The Balaban J connectivity index is 1.44. The summed E-state index contributed by atoms with van der Waals surface area (Å²) >= 11 is 0. The quantitative estimate of drug-likeness (QED) is 0.685. The molecule has 29 heavy (non-hydrogen) atoms. The van der Waals surface area contributed by atoms with Crippen molar-refractivity contribution < 1.29 is 0 Å². The van der Waals surface area contributed by atoms with Crippen LogP contribution in [0.1, 0.15) is 36.9 Å². The van der Waals surface area contributed by atoms with Crippen LogP contribution in [-0.2, 0) is 20.0 Å². The molecule has 2 atom stereocenters. The fourth-order valence-electron chi connectivity index (χ4n) is 4.83. The first kappa shape index (κ1) is 18.1. The van der Waals surface area contributed by atoms with Gasteiger partial charge in [0.15, 0.2) is 0 Å². The number of pyridine rings is 1. The van der Waals surface area contributed by atoms with Crippen LogP contribution < -0.4 is 10.5 Å². The highest BCUT2D eigenvalue weighted by atomic mass is 16.1. The van der Waals surface area contributed by atoms with Crippen LogP contribution in [-0.4, -0.2) is 37.2 Å². The molecule has 5 rings (SSSR count). The Kier molecular flexibility index (Phi) is 4.45. The molecule has 0 radical (unpaired) electrons. The number of fused-ring (bicyclic) bond motifs is 4. The molecule has 0 amide bonds. The van der Waals surface area contributed by atoms with Gasteiger partial charge in [0.05, 0.1) is 5.56 Å². The van der Waals surface area contributed by atoms with Crippen LogP contribution in [0.4, 0.5) is 5.95 Å². The summed E-state index contributed by atoms with van der Waals surface area (Å²) in [5.41, 5.74) is 3.05. The van der Waals surface area contributed by atoms with Gasteiger partial charge < -0.3 is 14.0 Å². The molecule has 1 fully saturated rings. The van der Waals surface area contributed by atoms with Crippen molar-refractivity contribution in [2.45, 2.75) is 38.6 Å². The molecule has 7 heteroatoms. The van der Waals surface area contributed by atoms with Gasteiger partial charge in [-0.25, -0.2) is 15.0 Å². The predicted octanol–water partition coefficient (Wildman–Crippen LogP) is 2.62. The number of rotatable bonds is 4. The number of nitrogens with zero attached hydrogens (tertiary/aromatic N) is 6. The van der Waals surface area contributed by atoms with Crippen LogP contribution in [0.3, 0.4) is 0 Å². The third kappa shape index (κ3) is 3.14. The van der Waals surface area contributed by atoms with Crippen molar-refractivity contribution >= 4 is 5.95 Å². The Morgan fingerprint density at radius 3 is 2.66 bits per heavy atom. The minimum Gasteiger partial charge on any atom is -0.340 e. The van der Waals surface area contributed by atoms with Gasteiger partial charge in [0.1, 0.15) is 5.82 Å². The van der Waals surface area contributed by atoms with Crippen LogP contribution >= 0.6 is 0 Å². The van der Waals surface area contributed by atoms with Gasteiger partial charge in [-0.1, -0.05) is 13.3 Å². The lowest BCUT2D eigenvalue weighted by Crippen LogP contribution is -2.48. The van der Waals surface area contributed by atoms with Crippen LogP contribution in [0.25, 0.3) is 11.4 Å². The number of hydrogen-bond acceptors (Lipinski definition) is 5. The summed E-state index contributed by atoms with van der Waals surface area (Å²) in [5.74, 6) is 2.28. The standard InChI is InChI=1S/C22H26N6O/c1-3-4-15-10-24-22(25-11-15)27-12-16-9-17(14-27)19-6-5-18(21(29)28(19)13-16)20-23-7-8-26(20)2/h5-8,10-11,16-17H,3-4,9,12-14H2,1-2H3/t16-,17+/m0/s1. The fourth-order valence-corrected chi connectivity index (χ4v) is 4.83. The van der Waals surface area contributed by atoms with E-state index >= 15 is 0 Å². The summed E-state index contributed by atoms with van der Waals surface area (Å²) in [6.07, 6.45) is 10.7. The Morgan fingerprint density at radius 1 is 1.10 bits per heavy atom. The number of anilines is 1. The molecule has 3 aromatic rings. The molecule has 5 heterocycles. The molecule has 2 bridgehead atoms. The topological polar surface area (TPSA) is 68.8 Å². The molecule has 150 valence electrons. The minimum absolute atomic E-state index is 0.0696. The van der Waals surface area contributed by atoms with E-state index in [4.69, 9.17) is 0 Å². The van der Waals surface area contributed by atoms with E-state index in [0.717, 1.165) is 56.4 Å². The van der Waals surface area contributed by atoms with Crippen molar-refractivity contribution in [2.75, 3.05) is 18.0 Å².